The van der Waals surface area contributed by atoms with E-state index in [0.29, 0.717) is 21.9 Å². The van der Waals surface area contributed by atoms with E-state index in [1.54, 1.807) is 42.5 Å². The van der Waals surface area contributed by atoms with E-state index in [2.05, 4.69) is 5.16 Å². The smallest absolute Gasteiger partial charge is 0.328 e. The average molecular weight is 368 g/mol. The Balaban J connectivity index is 1.78. The van der Waals surface area contributed by atoms with E-state index in [1.807, 2.05) is 10.6 Å². The van der Waals surface area contributed by atoms with Crippen LogP contribution in [0, 0.1) is 0 Å². The van der Waals surface area contributed by atoms with Crippen LogP contribution in [0.4, 0.5) is 4.79 Å². The van der Waals surface area contributed by atoms with Crippen LogP contribution >= 0.6 is 11.6 Å². The maximum Gasteiger partial charge on any atom is 0.328 e. The Morgan fingerprint density at radius 2 is 1.65 bits per heavy atom. The molecule has 4 amide bonds. The second-order valence-corrected chi connectivity index (χ2v) is 6.03. The van der Waals surface area contributed by atoms with Gasteiger partial charge in [-0.05, 0) is 48.0 Å². The third-order valence-electron chi connectivity index (χ3n) is 3.86. The zero-order valence-electron chi connectivity index (χ0n) is 13.1. The number of nitrogens with zero attached hydrogens (tertiary/aromatic N) is 1. The summed E-state index contributed by atoms with van der Waals surface area (Å²) in [5, 5.41) is 9.40. The van der Waals surface area contributed by atoms with E-state index in [9.17, 15) is 14.4 Å². The van der Waals surface area contributed by atoms with Crippen LogP contribution in [0.1, 0.15) is 5.56 Å². The average Bonchev–Trinajstić information content (AvgIpc) is 3.02. The van der Waals surface area contributed by atoms with Crippen molar-refractivity contribution >= 4 is 46.4 Å². The van der Waals surface area contributed by atoms with Crippen LogP contribution in [0.3, 0.4) is 0 Å². The molecule has 1 fully saturated rings. The topological polar surface area (TPSA) is 101 Å². The van der Waals surface area contributed by atoms with Crippen molar-refractivity contribution < 1.29 is 18.9 Å². The van der Waals surface area contributed by atoms with Crippen molar-refractivity contribution in [1.82, 2.24) is 15.8 Å². The Bertz CT molecular complexity index is 1080. The van der Waals surface area contributed by atoms with Crippen molar-refractivity contribution in [2.24, 2.45) is 0 Å². The Labute approximate surface area is 151 Å². The van der Waals surface area contributed by atoms with E-state index in [1.165, 1.54) is 6.08 Å². The number of amides is 4. The van der Waals surface area contributed by atoms with Gasteiger partial charge in [0.1, 0.15) is 11.1 Å². The van der Waals surface area contributed by atoms with E-state index in [4.69, 9.17) is 16.1 Å². The lowest BCUT2D eigenvalue weighted by Crippen LogP contribution is -2.51. The quantitative estimate of drug-likeness (QED) is 0.535. The maximum absolute atomic E-state index is 11.8. The number of nitrogens with one attached hydrogen (secondary N) is 2. The summed E-state index contributed by atoms with van der Waals surface area (Å²) in [5.41, 5.74) is 1.85. The van der Waals surface area contributed by atoms with Crippen molar-refractivity contribution in [3.8, 4) is 11.3 Å². The molecule has 128 valence electrons. The summed E-state index contributed by atoms with van der Waals surface area (Å²) < 4.78 is 5.43. The monoisotopic (exact) mass is 367 g/mol. The molecule has 2 aromatic carbocycles. The summed E-state index contributed by atoms with van der Waals surface area (Å²) in [7, 11) is 0. The van der Waals surface area contributed by atoms with Gasteiger partial charge in [-0.3, -0.25) is 20.2 Å². The fourth-order valence-corrected chi connectivity index (χ4v) is 2.76. The van der Waals surface area contributed by atoms with E-state index < -0.39 is 17.8 Å². The van der Waals surface area contributed by atoms with Crippen molar-refractivity contribution in [3.05, 3.63) is 58.6 Å². The minimum absolute atomic E-state index is 0.159. The minimum atomic E-state index is -0.836. The third-order valence-corrected chi connectivity index (χ3v) is 4.11. The standard InChI is InChI=1S/C18H10ClN3O4/c19-11-4-2-10(3-5-11)15-12-7-9(1-6-14(12)22-26-15)8-13-16(23)20-18(25)21-17(13)24/h1-8H,(H2,20,21,23,24,25). The number of rotatable bonds is 2. The van der Waals surface area contributed by atoms with Crippen molar-refractivity contribution in [1.29, 1.82) is 0 Å². The van der Waals surface area contributed by atoms with E-state index in [-0.39, 0.29) is 5.57 Å². The van der Waals surface area contributed by atoms with Gasteiger partial charge in [0, 0.05) is 10.6 Å². The molecule has 0 bridgehead atoms. The Kier molecular flexibility index (Phi) is 3.78. The molecule has 0 spiro atoms. The number of imide groups is 2. The van der Waals surface area contributed by atoms with Gasteiger partial charge in [-0.2, -0.15) is 0 Å². The molecule has 0 atom stereocenters. The second-order valence-electron chi connectivity index (χ2n) is 5.59. The van der Waals surface area contributed by atoms with Gasteiger partial charge in [0.05, 0.1) is 5.39 Å². The molecule has 0 unspecified atom stereocenters. The first-order valence-electron chi connectivity index (χ1n) is 7.55. The Hall–Kier alpha value is -3.45. The number of fused-ring (bicyclic) bond motifs is 1. The molecular formula is C18H10ClN3O4. The van der Waals surface area contributed by atoms with Gasteiger partial charge in [-0.1, -0.05) is 22.8 Å². The van der Waals surface area contributed by atoms with Gasteiger partial charge in [-0.25, -0.2) is 4.79 Å². The van der Waals surface area contributed by atoms with Gasteiger partial charge in [-0.15, -0.1) is 0 Å². The summed E-state index contributed by atoms with van der Waals surface area (Å²) in [6.45, 7) is 0. The van der Waals surface area contributed by atoms with Crippen LogP contribution < -0.4 is 10.6 Å². The largest absolute Gasteiger partial charge is 0.355 e. The first-order valence-corrected chi connectivity index (χ1v) is 7.93. The molecule has 2 heterocycles. The molecule has 7 nitrogen and oxygen atoms in total. The number of hydrogen-bond donors (Lipinski definition) is 2. The van der Waals surface area contributed by atoms with E-state index >= 15 is 0 Å². The third kappa shape index (κ3) is 2.84. The molecule has 1 aromatic heterocycles. The van der Waals surface area contributed by atoms with Crippen LogP contribution in [-0.4, -0.2) is 23.0 Å². The molecule has 0 radical (unpaired) electrons. The van der Waals surface area contributed by atoms with Gasteiger partial charge >= 0.3 is 6.03 Å². The highest BCUT2D eigenvalue weighted by molar-refractivity contribution is 6.31. The number of urea groups is 1. The predicted octanol–water partition coefficient (Wildman–Crippen LogP) is 2.90. The van der Waals surface area contributed by atoms with Crippen LogP contribution in [0.2, 0.25) is 5.02 Å². The lowest BCUT2D eigenvalue weighted by molar-refractivity contribution is -0.123. The highest BCUT2D eigenvalue weighted by atomic mass is 35.5. The lowest BCUT2D eigenvalue weighted by atomic mass is 10.0. The summed E-state index contributed by atoms with van der Waals surface area (Å²) in [5.74, 6) is -0.950. The molecule has 1 aliphatic rings. The zero-order valence-corrected chi connectivity index (χ0v) is 13.8. The zero-order chi connectivity index (χ0) is 18.3. The van der Waals surface area contributed by atoms with Gasteiger partial charge in [0.25, 0.3) is 11.8 Å². The lowest BCUT2D eigenvalue weighted by Gasteiger charge is -2.13. The van der Waals surface area contributed by atoms with E-state index in [0.717, 1.165) is 10.9 Å². The van der Waals surface area contributed by atoms with Crippen LogP contribution in [-0.2, 0) is 9.59 Å². The number of carbonyl (C=O) groups excluding carboxylic acids is 3. The first kappa shape index (κ1) is 16.0. The normalized spacial score (nSPS) is 14.3. The molecule has 0 saturated carbocycles. The van der Waals surface area contributed by atoms with Crippen molar-refractivity contribution in [3.63, 3.8) is 0 Å². The number of hydrogen-bond acceptors (Lipinski definition) is 5. The number of benzene rings is 2. The second kappa shape index (κ2) is 6.12. The van der Waals surface area contributed by atoms with Gasteiger partial charge in [0.15, 0.2) is 5.76 Å². The number of halogens is 1. The van der Waals surface area contributed by atoms with Crippen LogP contribution in [0.5, 0.6) is 0 Å². The summed E-state index contributed by atoms with van der Waals surface area (Å²) in [6, 6.07) is 11.4. The predicted molar refractivity (Wildman–Crippen MR) is 94.1 cm³/mol. The minimum Gasteiger partial charge on any atom is -0.355 e. The van der Waals surface area contributed by atoms with Gasteiger partial charge < -0.3 is 4.52 Å². The number of carbonyl (C=O) groups is 3. The highest BCUT2D eigenvalue weighted by Gasteiger charge is 2.27. The van der Waals surface area contributed by atoms with Crippen molar-refractivity contribution in [2.45, 2.75) is 0 Å². The maximum atomic E-state index is 11.8. The Morgan fingerprint density at radius 3 is 2.35 bits per heavy atom. The first-order chi connectivity index (χ1) is 12.5. The molecule has 3 aromatic rings. The van der Waals surface area contributed by atoms with Crippen molar-refractivity contribution in [2.75, 3.05) is 0 Å². The highest BCUT2D eigenvalue weighted by Crippen LogP contribution is 2.30. The molecular weight excluding hydrogens is 358 g/mol. The number of barbiturate groups is 1. The molecule has 8 heteroatoms. The summed E-state index contributed by atoms with van der Waals surface area (Å²) in [6.07, 6.45) is 1.40. The summed E-state index contributed by atoms with van der Waals surface area (Å²) in [4.78, 5) is 34.8. The Morgan fingerprint density at radius 1 is 0.962 bits per heavy atom. The molecule has 1 saturated heterocycles. The van der Waals surface area contributed by atoms with Gasteiger partial charge in [0.2, 0.25) is 0 Å². The van der Waals surface area contributed by atoms with Crippen LogP contribution in [0.15, 0.2) is 52.6 Å². The molecule has 2 N–H and O–H groups in total. The SMILES string of the molecule is O=C1NC(=O)C(=Cc2ccc3noc(-c4ccc(Cl)cc4)c3c2)C(=O)N1. The molecule has 4 rings (SSSR count). The molecule has 26 heavy (non-hydrogen) atoms. The fraction of sp³-hybridized carbons (Fsp3) is 0. The fourth-order valence-electron chi connectivity index (χ4n) is 2.63. The van der Waals surface area contributed by atoms with Crippen LogP contribution in [0.25, 0.3) is 28.3 Å². The summed E-state index contributed by atoms with van der Waals surface area (Å²) >= 11 is 5.91. The number of aromatic nitrogens is 1. The molecule has 1 aliphatic heterocycles. The molecule has 0 aliphatic carbocycles.